The van der Waals surface area contributed by atoms with E-state index in [1.54, 1.807) is 0 Å². The number of aryl methyl sites for hydroxylation is 4. The van der Waals surface area contributed by atoms with Gasteiger partial charge in [0, 0.05) is 32.7 Å². The predicted molar refractivity (Wildman–Crippen MR) is 233 cm³/mol. The number of nitriles is 1. The lowest BCUT2D eigenvalue weighted by Crippen LogP contribution is -2.05. The maximum absolute atomic E-state index is 11.4. The molecule has 10 aromatic rings. The van der Waals surface area contributed by atoms with Crippen LogP contribution >= 0.6 is 0 Å². The zero-order chi connectivity index (χ0) is 38.1. The quantitative estimate of drug-likeness (QED) is 0.178. The van der Waals surface area contributed by atoms with Gasteiger partial charge in [-0.3, -0.25) is 0 Å². The first-order chi connectivity index (χ1) is 27.3. The van der Waals surface area contributed by atoms with E-state index in [-0.39, 0.29) is 0 Å². The molecule has 3 aromatic heterocycles. The largest absolute Gasteiger partial charge is 0.308 e. The fourth-order valence-corrected chi connectivity index (χ4v) is 8.48. The van der Waals surface area contributed by atoms with Crippen molar-refractivity contribution in [3.63, 3.8) is 0 Å². The average molecular weight is 719 g/mol. The van der Waals surface area contributed by atoms with Gasteiger partial charge in [-0.1, -0.05) is 107 Å². The molecular formula is C52H38N4. The van der Waals surface area contributed by atoms with Gasteiger partial charge in [-0.2, -0.15) is 5.26 Å². The minimum atomic E-state index is 0.606. The van der Waals surface area contributed by atoms with Crippen molar-refractivity contribution in [2.45, 2.75) is 27.7 Å². The molecule has 56 heavy (non-hydrogen) atoms. The lowest BCUT2D eigenvalue weighted by Gasteiger charge is -2.19. The molecule has 0 unspecified atom stereocenters. The number of aromatic nitrogens is 3. The van der Waals surface area contributed by atoms with Gasteiger partial charge in [0.05, 0.1) is 44.8 Å². The molecule has 0 N–H and O–H groups in total. The van der Waals surface area contributed by atoms with E-state index in [4.69, 9.17) is 4.98 Å². The SMILES string of the molecule is Cc1ccc2c(c1)c1cc(C)ccc1n2-c1cc(-c2cc(-c3ccccc3)nc(-c3ccccc3)c2)cc(-n2c3ccc(C)cc3c3cc(C)ccc32)c1C#N. The minimum Gasteiger partial charge on any atom is -0.308 e. The number of hydrogen-bond acceptors (Lipinski definition) is 2. The maximum atomic E-state index is 11.4. The normalized spacial score (nSPS) is 11.6. The standard InChI is InChI=1S/C52H38N4/c1-32-15-19-47-40(23-32)41-24-33(2)16-20-48(41)55(47)51-29-39(38-27-45(36-11-7-5-8-12-36)54-46(28-38)37-13-9-6-10-14-37)30-52(44(51)31-53)56-49-21-17-34(3)25-42(49)43-26-35(4)18-22-50(43)56/h5-30H,1-4H3. The smallest absolute Gasteiger partial charge is 0.104 e. The van der Waals surface area contributed by atoms with Crippen LogP contribution in [-0.4, -0.2) is 14.1 Å². The summed E-state index contributed by atoms with van der Waals surface area (Å²) >= 11 is 0. The Balaban J connectivity index is 1.37. The Morgan fingerprint density at radius 3 is 1.07 bits per heavy atom. The van der Waals surface area contributed by atoms with Crippen molar-refractivity contribution >= 4 is 43.6 Å². The van der Waals surface area contributed by atoms with Crippen LogP contribution in [0.3, 0.4) is 0 Å². The number of benzene rings is 7. The van der Waals surface area contributed by atoms with Gasteiger partial charge < -0.3 is 9.13 Å². The van der Waals surface area contributed by atoms with Gasteiger partial charge in [-0.15, -0.1) is 0 Å². The average Bonchev–Trinajstić information content (AvgIpc) is 3.71. The second kappa shape index (κ2) is 13.0. The van der Waals surface area contributed by atoms with Gasteiger partial charge >= 0.3 is 0 Å². The topological polar surface area (TPSA) is 46.5 Å². The number of pyridine rings is 1. The van der Waals surface area contributed by atoms with Crippen LogP contribution in [0, 0.1) is 39.0 Å². The van der Waals surface area contributed by atoms with E-state index in [2.05, 4.69) is 188 Å². The van der Waals surface area contributed by atoms with Crippen LogP contribution in [0.1, 0.15) is 27.8 Å². The minimum absolute atomic E-state index is 0.606. The van der Waals surface area contributed by atoms with Crippen LogP contribution in [0.2, 0.25) is 0 Å². The molecule has 0 saturated carbocycles. The van der Waals surface area contributed by atoms with Crippen molar-refractivity contribution in [1.82, 2.24) is 14.1 Å². The van der Waals surface area contributed by atoms with Crippen LogP contribution in [0.4, 0.5) is 0 Å². The molecule has 10 rings (SSSR count). The molecular weight excluding hydrogens is 681 g/mol. The predicted octanol–water partition coefficient (Wildman–Crippen LogP) is 13.4. The lowest BCUT2D eigenvalue weighted by molar-refractivity contribution is 1.12. The fourth-order valence-electron chi connectivity index (χ4n) is 8.48. The van der Waals surface area contributed by atoms with Crippen molar-refractivity contribution in [1.29, 1.82) is 5.26 Å². The number of fused-ring (bicyclic) bond motifs is 6. The molecule has 266 valence electrons. The monoisotopic (exact) mass is 718 g/mol. The Morgan fingerprint density at radius 2 is 0.732 bits per heavy atom. The first kappa shape index (κ1) is 33.4. The fraction of sp³-hybridized carbons (Fsp3) is 0.0769. The van der Waals surface area contributed by atoms with E-state index >= 15 is 0 Å². The molecule has 0 amide bonds. The summed E-state index contributed by atoms with van der Waals surface area (Å²) in [5.41, 5.74) is 17.2. The van der Waals surface area contributed by atoms with E-state index in [0.29, 0.717) is 5.56 Å². The van der Waals surface area contributed by atoms with Crippen LogP contribution < -0.4 is 0 Å². The van der Waals surface area contributed by atoms with Crippen molar-refractivity contribution in [3.8, 4) is 51.1 Å². The van der Waals surface area contributed by atoms with Crippen molar-refractivity contribution < 1.29 is 0 Å². The third-order valence-corrected chi connectivity index (χ3v) is 11.1. The van der Waals surface area contributed by atoms with E-state index < -0.39 is 0 Å². The van der Waals surface area contributed by atoms with Gasteiger partial charge in [-0.05, 0) is 112 Å². The Kier molecular flexibility index (Phi) is 7.73. The van der Waals surface area contributed by atoms with Gasteiger partial charge in [0.2, 0.25) is 0 Å². The third-order valence-electron chi connectivity index (χ3n) is 11.1. The highest BCUT2D eigenvalue weighted by Crippen LogP contribution is 2.42. The maximum Gasteiger partial charge on any atom is 0.104 e. The number of nitrogens with zero attached hydrogens (tertiary/aromatic N) is 4. The lowest BCUT2D eigenvalue weighted by atomic mass is 9.97. The zero-order valence-electron chi connectivity index (χ0n) is 31.8. The van der Waals surface area contributed by atoms with Crippen molar-refractivity contribution in [2.75, 3.05) is 0 Å². The van der Waals surface area contributed by atoms with E-state index in [1.807, 2.05) is 12.1 Å². The van der Waals surface area contributed by atoms with Crippen LogP contribution in [0.25, 0.3) is 88.6 Å². The Bertz CT molecular complexity index is 2910. The van der Waals surface area contributed by atoms with Crippen molar-refractivity contribution in [2.24, 2.45) is 0 Å². The summed E-state index contributed by atoms with van der Waals surface area (Å²) in [6.07, 6.45) is 0. The number of rotatable bonds is 5. The molecule has 0 radical (unpaired) electrons. The third kappa shape index (κ3) is 5.40. The molecule has 3 heterocycles. The Labute approximate surface area is 326 Å². The highest BCUT2D eigenvalue weighted by Gasteiger charge is 2.23. The molecule has 4 heteroatoms. The molecule has 0 aliphatic rings. The molecule has 0 saturated heterocycles. The summed E-state index contributed by atoms with van der Waals surface area (Å²) in [7, 11) is 0. The van der Waals surface area contributed by atoms with Crippen LogP contribution in [0.15, 0.2) is 158 Å². The first-order valence-corrected chi connectivity index (χ1v) is 19.1. The molecule has 0 spiro atoms. The number of hydrogen-bond donors (Lipinski definition) is 0. The summed E-state index contributed by atoms with van der Waals surface area (Å²) < 4.78 is 4.60. The molecule has 0 bridgehead atoms. The molecule has 7 aromatic carbocycles. The van der Waals surface area contributed by atoms with E-state index in [0.717, 1.165) is 67.1 Å². The highest BCUT2D eigenvalue weighted by atomic mass is 15.0. The first-order valence-electron chi connectivity index (χ1n) is 19.1. The van der Waals surface area contributed by atoms with Gasteiger partial charge in [0.1, 0.15) is 11.6 Å². The summed E-state index contributed by atoms with van der Waals surface area (Å²) in [4.78, 5) is 5.21. The zero-order valence-corrected chi connectivity index (χ0v) is 31.8. The van der Waals surface area contributed by atoms with Crippen molar-refractivity contribution in [3.05, 3.63) is 186 Å². The van der Waals surface area contributed by atoms with E-state index in [9.17, 15) is 5.26 Å². The van der Waals surface area contributed by atoms with E-state index in [1.165, 1.54) is 43.8 Å². The van der Waals surface area contributed by atoms with Crippen LogP contribution in [0.5, 0.6) is 0 Å². The molecule has 0 atom stereocenters. The second-order valence-electron chi connectivity index (χ2n) is 15.1. The summed E-state index contributed by atoms with van der Waals surface area (Å²) in [5.74, 6) is 0. The second-order valence-corrected chi connectivity index (χ2v) is 15.1. The highest BCUT2D eigenvalue weighted by molar-refractivity contribution is 6.11. The Morgan fingerprint density at radius 1 is 0.393 bits per heavy atom. The summed E-state index contributed by atoms with van der Waals surface area (Å²) in [6, 6.07) is 58.8. The summed E-state index contributed by atoms with van der Waals surface area (Å²) in [5, 5.41) is 16.1. The Hall–Kier alpha value is -7.22. The molecule has 4 nitrogen and oxygen atoms in total. The van der Waals surface area contributed by atoms with Gasteiger partial charge in [-0.25, -0.2) is 4.98 Å². The van der Waals surface area contributed by atoms with Gasteiger partial charge in [0.15, 0.2) is 0 Å². The summed E-state index contributed by atoms with van der Waals surface area (Å²) in [6.45, 7) is 8.56. The molecule has 0 fully saturated rings. The molecule has 0 aliphatic carbocycles. The van der Waals surface area contributed by atoms with Gasteiger partial charge in [0.25, 0.3) is 0 Å². The van der Waals surface area contributed by atoms with Crippen LogP contribution in [-0.2, 0) is 0 Å². The molecule has 0 aliphatic heterocycles.